The van der Waals surface area contributed by atoms with Gasteiger partial charge in [-0.15, -0.1) is 24.8 Å². The Hall–Kier alpha value is -0.780. The Morgan fingerprint density at radius 2 is 2.29 bits per heavy atom. The molecule has 1 fully saturated rings. The van der Waals surface area contributed by atoms with Gasteiger partial charge >= 0.3 is 0 Å². The topological polar surface area (TPSA) is 59.0 Å². The van der Waals surface area contributed by atoms with E-state index in [1.807, 2.05) is 6.20 Å². The van der Waals surface area contributed by atoms with E-state index < -0.39 is 0 Å². The van der Waals surface area contributed by atoms with Crippen molar-refractivity contribution in [2.45, 2.75) is 39.8 Å². The molecule has 0 aliphatic carbocycles. The first-order valence-electron chi connectivity index (χ1n) is 7.15. The second-order valence-corrected chi connectivity index (χ2v) is 5.65. The molecule has 122 valence electrons. The Balaban J connectivity index is 0.00000200. The van der Waals surface area contributed by atoms with E-state index in [0.717, 1.165) is 38.3 Å². The van der Waals surface area contributed by atoms with E-state index in [4.69, 9.17) is 0 Å². The molecule has 2 N–H and O–H groups in total. The van der Waals surface area contributed by atoms with Crippen molar-refractivity contribution < 1.29 is 4.79 Å². The van der Waals surface area contributed by atoms with E-state index >= 15 is 0 Å². The molecule has 1 atom stereocenters. The van der Waals surface area contributed by atoms with Crippen LogP contribution in [0.25, 0.3) is 0 Å². The summed E-state index contributed by atoms with van der Waals surface area (Å²) in [4.78, 5) is 16.4. The summed E-state index contributed by atoms with van der Waals surface area (Å²) in [7, 11) is 0. The standard InChI is InChI=1S/C14H24N4O.2ClH/c1-11(2)10-18-7-6-16-13(18)9-17-14(19)12-4-3-5-15-8-12;;/h6-7,11-12,15H,3-5,8-10H2,1-2H3,(H,17,19);2*1H. The molecule has 5 nitrogen and oxygen atoms in total. The zero-order valence-electron chi connectivity index (χ0n) is 12.7. The molecule has 1 amide bonds. The SMILES string of the molecule is CC(C)Cn1ccnc1CNC(=O)C1CCCNC1.Cl.Cl. The molecule has 1 aromatic rings. The van der Waals surface area contributed by atoms with Gasteiger partial charge in [-0.2, -0.15) is 0 Å². The first kappa shape index (κ1) is 20.2. The monoisotopic (exact) mass is 336 g/mol. The fraction of sp³-hybridized carbons (Fsp3) is 0.714. The zero-order chi connectivity index (χ0) is 13.7. The van der Waals surface area contributed by atoms with Crippen molar-refractivity contribution in [1.29, 1.82) is 0 Å². The van der Waals surface area contributed by atoms with Gasteiger partial charge in [0, 0.05) is 25.5 Å². The summed E-state index contributed by atoms with van der Waals surface area (Å²) in [5.41, 5.74) is 0. The van der Waals surface area contributed by atoms with Gasteiger partial charge in [-0.1, -0.05) is 13.8 Å². The summed E-state index contributed by atoms with van der Waals surface area (Å²) in [5, 5.41) is 6.27. The van der Waals surface area contributed by atoms with Crippen LogP contribution >= 0.6 is 24.8 Å². The van der Waals surface area contributed by atoms with Crippen LogP contribution in [-0.2, 0) is 17.9 Å². The third-order valence-electron chi connectivity index (χ3n) is 3.45. The summed E-state index contributed by atoms with van der Waals surface area (Å²) in [6.45, 7) is 7.65. The number of rotatable bonds is 5. The minimum Gasteiger partial charge on any atom is -0.349 e. The predicted molar refractivity (Wildman–Crippen MR) is 89.0 cm³/mol. The summed E-state index contributed by atoms with van der Waals surface area (Å²) in [6, 6.07) is 0. The average molecular weight is 337 g/mol. The van der Waals surface area contributed by atoms with E-state index in [1.165, 1.54) is 0 Å². The van der Waals surface area contributed by atoms with Crippen molar-refractivity contribution in [3.63, 3.8) is 0 Å². The smallest absolute Gasteiger partial charge is 0.224 e. The molecule has 1 aromatic heterocycles. The molecule has 1 aliphatic heterocycles. The number of hydrogen-bond donors (Lipinski definition) is 2. The van der Waals surface area contributed by atoms with Gasteiger partial charge in [0.1, 0.15) is 5.82 Å². The summed E-state index contributed by atoms with van der Waals surface area (Å²) >= 11 is 0. The second kappa shape index (κ2) is 10.0. The van der Waals surface area contributed by atoms with Gasteiger partial charge in [-0.3, -0.25) is 4.79 Å². The predicted octanol–water partition coefficient (Wildman–Crippen LogP) is 2.00. The van der Waals surface area contributed by atoms with Crippen LogP contribution in [0.3, 0.4) is 0 Å². The van der Waals surface area contributed by atoms with E-state index in [9.17, 15) is 4.79 Å². The first-order chi connectivity index (χ1) is 9.16. The number of amides is 1. The van der Waals surface area contributed by atoms with Crippen molar-refractivity contribution in [2.24, 2.45) is 11.8 Å². The summed E-state index contributed by atoms with van der Waals surface area (Å²) < 4.78 is 2.12. The van der Waals surface area contributed by atoms with Crippen LogP contribution in [0, 0.1) is 11.8 Å². The first-order valence-corrected chi connectivity index (χ1v) is 7.15. The number of imidazole rings is 1. The molecular formula is C14H26Cl2N4O. The molecule has 2 rings (SSSR count). The fourth-order valence-electron chi connectivity index (χ4n) is 2.45. The molecule has 1 saturated heterocycles. The van der Waals surface area contributed by atoms with Crippen molar-refractivity contribution >= 4 is 30.7 Å². The maximum absolute atomic E-state index is 12.0. The highest BCUT2D eigenvalue weighted by Gasteiger charge is 2.20. The fourth-order valence-corrected chi connectivity index (χ4v) is 2.45. The Morgan fingerprint density at radius 3 is 2.90 bits per heavy atom. The number of carbonyl (C=O) groups excluding carboxylic acids is 1. The molecule has 0 aromatic carbocycles. The van der Waals surface area contributed by atoms with Gasteiger partial charge in [0.2, 0.25) is 5.91 Å². The van der Waals surface area contributed by atoms with Gasteiger partial charge in [-0.25, -0.2) is 4.98 Å². The molecule has 7 heteroatoms. The molecule has 21 heavy (non-hydrogen) atoms. The quantitative estimate of drug-likeness (QED) is 0.864. The molecule has 0 radical (unpaired) electrons. The minimum atomic E-state index is 0. The van der Waals surface area contributed by atoms with Gasteiger partial charge in [0.15, 0.2) is 0 Å². The number of nitrogens with zero attached hydrogens (tertiary/aromatic N) is 2. The molecule has 0 bridgehead atoms. The van der Waals surface area contributed by atoms with Crippen molar-refractivity contribution in [3.8, 4) is 0 Å². The maximum Gasteiger partial charge on any atom is 0.224 e. The summed E-state index contributed by atoms with van der Waals surface area (Å²) in [6.07, 6.45) is 5.84. The number of aromatic nitrogens is 2. The Morgan fingerprint density at radius 1 is 1.52 bits per heavy atom. The van der Waals surface area contributed by atoms with Gasteiger partial charge in [0.05, 0.1) is 12.5 Å². The maximum atomic E-state index is 12.0. The third-order valence-corrected chi connectivity index (χ3v) is 3.45. The van der Waals surface area contributed by atoms with Crippen LogP contribution in [0.2, 0.25) is 0 Å². The largest absolute Gasteiger partial charge is 0.349 e. The molecular weight excluding hydrogens is 311 g/mol. The normalized spacial score (nSPS) is 17.8. The highest BCUT2D eigenvalue weighted by molar-refractivity contribution is 5.85. The number of hydrogen-bond acceptors (Lipinski definition) is 3. The lowest BCUT2D eigenvalue weighted by atomic mass is 9.99. The molecule has 1 unspecified atom stereocenters. The van der Waals surface area contributed by atoms with Gasteiger partial charge < -0.3 is 15.2 Å². The van der Waals surface area contributed by atoms with Crippen molar-refractivity contribution in [2.75, 3.05) is 13.1 Å². The average Bonchev–Trinajstić information content (AvgIpc) is 2.83. The van der Waals surface area contributed by atoms with Crippen LogP contribution in [0.15, 0.2) is 12.4 Å². The lowest BCUT2D eigenvalue weighted by Crippen LogP contribution is -2.40. The van der Waals surface area contributed by atoms with Gasteiger partial charge in [0.25, 0.3) is 0 Å². The van der Waals surface area contributed by atoms with Crippen LogP contribution < -0.4 is 10.6 Å². The van der Waals surface area contributed by atoms with Crippen LogP contribution in [0.5, 0.6) is 0 Å². The molecule has 0 saturated carbocycles. The van der Waals surface area contributed by atoms with E-state index in [-0.39, 0.29) is 36.6 Å². The van der Waals surface area contributed by atoms with Crippen LogP contribution in [0.4, 0.5) is 0 Å². The number of piperidine rings is 1. The second-order valence-electron chi connectivity index (χ2n) is 5.65. The Bertz CT molecular complexity index is 417. The van der Waals surface area contributed by atoms with Crippen molar-refractivity contribution in [1.82, 2.24) is 20.2 Å². The Labute approximate surface area is 139 Å². The van der Waals surface area contributed by atoms with E-state index in [0.29, 0.717) is 12.5 Å². The highest BCUT2D eigenvalue weighted by Crippen LogP contribution is 2.10. The van der Waals surface area contributed by atoms with Crippen LogP contribution in [-0.4, -0.2) is 28.5 Å². The Kier molecular flexibility index (Phi) is 9.66. The number of carbonyl (C=O) groups is 1. The lowest BCUT2D eigenvalue weighted by molar-refractivity contribution is -0.125. The third kappa shape index (κ3) is 6.24. The molecule has 0 spiro atoms. The minimum absolute atomic E-state index is 0. The van der Waals surface area contributed by atoms with E-state index in [1.54, 1.807) is 6.20 Å². The van der Waals surface area contributed by atoms with Crippen molar-refractivity contribution in [3.05, 3.63) is 18.2 Å². The number of nitrogens with one attached hydrogen (secondary N) is 2. The van der Waals surface area contributed by atoms with Gasteiger partial charge in [-0.05, 0) is 25.3 Å². The zero-order valence-corrected chi connectivity index (χ0v) is 14.3. The van der Waals surface area contributed by atoms with Crippen LogP contribution in [0.1, 0.15) is 32.5 Å². The highest BCUT2D eigenvalue weighted by atomic mass is 35.5. The summed E-state index contributed by atoms with van der Waals surface area (Å²) in [5.74, 6) is 1.77. The van der Waals surface area contributed by atoms with E-state index in [2.05, 4.69) is 34.0 Å². The lowest BCUT2D eigenvalue weighted by Gasteiger charge is -2.22. The molecule has 1 aliphatic rings. The molecule has 2 heterocycles. The number of halogens is 2.